The molecule has 1 amide bonds. The summed E-state index contributed by atoms with van der Waals surface area (Å²) in [4.78, 5) is 12.6. The van der Waals surface area contributed by atoms with E-state index in [1.54, 1.807) is 23.9 Å². The minimum atomic E-state index is -3.53. The molecule has 6 nitrogen and oxygen atoms in total. The Morgan fingerprint density at radius 2 is 1.75 bits per heavy atom. The Bertz CT molecular complexity index is 880. The molecule has 2 aromatic carbocycles. The highest BCUT2D eigenvalue weighted by Gasteiger charge is 2.26. The maximum Gasteiger partial charge on any atom is 0.243 e. The molecule has 1 heterocycles. The van der Waals surface area contributed by atoms with Gasteiger partial charge in [-0.05, 0) is 36.8 Å². The summed E-state index contributed by atoms with van der Waals surface area (Å²) < 4.78 is 31.9. The van der Waals surface area contributed by atoms with E-state index >= 15 is 0 Å². The predicted molar refractivity (Wildman–Crippen MR) is 112 cm³/mol. The van der Waals surface area contributed by atoms with Crippen molar-refractivity contribution in [1.29, 1.82) is 0 Å². The molecule has 0 aliphatic carbocycles. The fourth-order valence-corrected chi connectivity index (χ4v) is 5.01. The normalized spacial score (nSPS) is 16.5. The molecule has 150 valence electrons. The van der Waals surface area contributed by atoms with Crippen molar-refractivity contribution in [3.05, 3.63) is 60.2 Å². The van der Waals surface area contributed by atoms with Gasteiger partial charge < -0.3 is 10.1 Å². The topological polar surface area (TPSA) is 75.7 Å². The van der Waals surface area contributed by atoms with Crippen LogP contribution >= 0.6 is 11.8 Å². The Hall–Kier alpha value is -1.87. The second-order valence-electron chi connectivity index (χ2n) is 6.47. The smallest absolute Gasteiger partial charge is 0.243 e. The van der Waals surface area contributed by atoms with Crippen LogP contribution in [-0.2, 0) is 25.3 Å². The lowest BCUT2D eigenvalue weighted by Gasteiger charge is -2.26. The van der Waals surface area contributed by atoms with E-state index in [9.17, 15) is 13.2 Å². The first-order valence-corrected chi connectivity index (χ1v) is 11.6. The molecule has 3 rings (SSSR count). The zero-order chi connectivity index (χ0) is 20.0. The van der Waals surface area contributed by atoms with Gasteiger partial charge in [-0.3, -0.25) is 4.79 Å². The van der Waals surface area contributed by atoms with Gasteiger partial charge in [0.1, 0.15) is 0 Å². The molecule has 0 aromatic heterocycles. The first kappa shape index (κ1) is 20.9. The summed E-state index contributed by atoms with van der Waals surface area (Å²) in [5, 5.41) is 2.62. The third-order valence-corrected chi connectivity index (χ3v) is 7.57. The summed E-state index contributed by atoms with van der Waals surface area (Å²) in [7, 11) is -3.53. The summed E-state index contributed by atoms with van der Waals surface area (Å²) >= 11 is 1.56. The van der Waals surface area contributed by atoms with E-state index in [4.69, 9.17) is 4.74 Å². The molecule has 28 heavy (non-hydrogen) atoms. The van der Waals surface area contributed by atoms with Crippen LogP contribution in [0.3, 0.4) is 0 Å². The van der Waals surface area contributed by atoms with E-state index in [0.29, 0.717) is 32.0 Å². The molecule has 1 saturated heterocycles. The molecule has 0 radical (unpaired) electrons. The Morgan fingerprint density at radius 1 is 1.11 bits per heavy atom. The Labute approximate surface area is 170 Å². The van der Waals surface area contributed by atoms with Crippen LogP contribution in [0.25, 0.3) is 0 Å². The zero-order valence-electron chi connectivity index (χ0n) is 15.7. The van der Waals surface area contributed by atoms with Gasteiger partial charge in [0.25, 0.3) is 0 Å². The monoisotopic (exact) mass is 420 g/mol. The number of ether oxygens (including phenoxy) is 1. The van der Waals surface area contributed by atoms with Crippen molar-refractivity contribution in [3.63, 3.8) is 0 Å². The van der Waals surface area contributed by atoms with Crippen molar-refractivity contribution in [2.45, 2.75) is 22.8 Å². The highest BCUT2D eigenvalue weighted by molar-refractivity contribution is 7.99. The quantitative estimate of drug-likeness (QED) is 0.745. The third kappa shape index (κ3) is 5.35. The van der Waals surface area contributed by atoms with Crippen molar-refractivity contribution in [2.75, 3.05) is 31.6 Å². The molecule has 0 saturated carbocycles. The summed E-state index contributed by atoms with van der Waals surface area (Å²) in [6, 6.07) is 16.3. The summed E-state index contributed by atoms with van der Waals surface area (Å²) in [5.41, 5.74) is 1.75. The van der Waals surface area contributed by atoms with Crippen molar-refractivity contribution < 1.29 is 17.9 Å². The summed E-state index contributed by atoms with van der Waals surface area (Å²) in [6.07, 6.45) is 0. The standard InChI is InChI=1S/C20H24N2O4S2/c1-16(27-15-17-5-3-2-4-6-17)20(23)21-18-7-9-19(10-8-18)28(24,25)22-11-13-26-14-12-22/h2-10,16H,11-15H2,1H3,(H,21,23). The molecule has 8 heteroatoms. The molecule has 1 aliphatic rings. The van der Waals surface area contributed by atoms with Gasteiger partial charge in [-0.25, -0.2) is 8.42 Å². The number of nitrogens with zero attached hydrogens (tertiary/aromatic N) is 1. The fraction of sp³-hybridized carbons (Fsp3) is 0.350. The van der Waals surface area contributed by atoms with Gasteiger partial charge in [0.2, 0.25) is 15.9 Å². The zero-order valence-corrected chi connectivity index (χ0v) is 17.3. The number of hydrogen-bond acceptors (Lipinski definition) is 5. The Kier molecular flexibility index (Phi) is 7.12. The van der Waals surface area contributed by atoms with Gasteiger partial charge in [-0.2, -0.15) is 4.31 Å². The van der Waals surface area contributed by atoms with Gasteiger partial charge in [-0.1, -0.05) is 30.3 Å². The van der Waals surface area contributed by atoms with Crippen molar-refractivity contribution in [2.24, 2.45) is 0 Å². The summed E-state index contributed by atoms with van der Waals surface area (Å²) in [6.45, 7) is 3.39. The van der Waals surface area contributed by atoms with Gasteiger partial charge in [0.15, 0.2) is 0 Å². The predicted octanol–water partition coefficient (Wildman–Crippen LogP) is 2.97. The van der Waals surface area contributed by atoms with Crippen molar-refractivity contribution in [3.8, 4) is 0 Å². The molecular weight excluding hydrogens is 396 g/mol. The molecular formula is C20H24N2O4S2. The number of carbonyl (C=O) groups is 1. The number of amides is 1. The second kappa shape index (κ2) is 9.56. The number of nitrogens with one attached hydrogen (secondary N) is 1. The number of thioether (sulfide) groups is 1. The number of carbonyl (C=O) groups excluding carboxylic acids is 1. The SMILES string of the molecule is CC(SCc1ccccc1)C(=O)Nc1ccc(S(=O)(=O)N2CCOCC2)cc1. The van der Waals surface area contributed by atoms with E-state index in [0.717, 1.165) is 5.75 Å². The second-order valence-corrected chi connectivity index (χ2v) is 9.74. The van der Waals surface area contributed by atoms with Crippen molar-refractivity contribution in [1.82, 2.24) is 4.31 Å². The number of hydrogen-bond donors (Lipinski definition) is 1. The number of benzene rings is 2. The van der Waals surface area contributed by atoms with Crippen LogP contribution in [0.4, 0.5) is 5.69 Å². The van der Waals surface area contributed by atoms with E-state index < -0.39 is 10.0 Å². The molecule has 0 spiro atoms. The fourth-order valence-electron chi connectivity index (χ4n) is 2.76. The molecule has 0 bridgehead atoms. The number of morpholine rings is 1. The highest BCUT2D eigenvalue weighted by Crippen LogP contribution is 2.22. The molecule has 1 N–H and O–H groups in total. The third-order valence-electron chi connectivity index (χ3n) is 4.44. The highest BCUT2D eigenvalue weighted by atomic mass is 32.2. The van der Waals surface area contributed by atoms with Crippen molar-refractivity contribution >= 4 is 33.4 Å². The lowest BCUT2D eigenvalue weighted by Crippen LogP contribution is -2.40. The lowest BCUT2D eigenvalue weighted by molar-refractivity contribution is -0.115. The minimum Gasteiger partial charge on any atom is -0.379 e. The van der Waals surface area contributed by atoms with E-state index in [1.807, 2.05) is 37.3 Å². The maximum absolute atomic E-state index is 12.6. The molecule has 1 unspecified atom stereocenters. The summed E-state index contributed by atoms with van der Waals surface area (Å²) in [5.74, 6) is 0.649. The lowest BCUT2D eigenvalue weighted by atomic mass is 10.2. The number of sulfonamides is 1. The van der Waals surface area contributed by atoms with Gasteiger partial charge >= 0.3 is 0 Å². The average molecular weight is 421 g/mol. The molecule has 1 aliphatic heterocycles. The maximum atomic E-state index is 12.6. The number of rotatable bonds is 7. The largest absolute Gasteiger partial charge is 0.379 e. The van der Waals surface area contributed by atoms with Gasteiger partial charge in [0.05, 0.1) is 23.4 Å². The molecule has 2 aromatic rings. The average Bonchev–Trinajstić information content (AvgIpc) is 2.73. The molecule has 1 atom stereocenters. The van der Waals surface area contributed by atoms with Crippen LogP contribution in [-0.4, -0.2) is 50.2 Å². The van der Waals surface area contributed by atoms with Crippen LogP contribution < -0.4 is 5.32 Å². The molecule has 1 fully saturated rings. The van der Waals surface area contributed by atoms with Crippen LogP contribution in [0.5, 0.6) is 0 Å². The van der Waals surface area contributed by atoms with Crippen LogP contribution in [0, 0.1) is 0 Å². The first-order chi connectivity index (χ1) is 13.5. The first-order valence-electron chi connectivity index (χ1n) is 9.11. The van der Waals surface area contributed by atoms with E-state index in [-0.39, 0.29) is 16.1 Å². The van der Waals surface area contributed by atoms with E-state index in [2.05, 4.69) is 5.32 Å². The van der Waals surface area contributed by atoms with Gasteiger partial charge in [-0.15, -0.1) is 11.8 Å². The number of anilines is 1. The van der Waals surface area contributed by atoms with Crippen LogP contribution in [0.2, 0.25) is 0 Å². The van der Waals surface area contributed by atoms with Gasteiger partial charge in [0, 0.05) is 24.5 Å². The van der Waals surface area contributed by atoms with Crippen LogP contribution in [0.15, 0.2) is 59.5 Å². The minimum absolute atomic E-state index is 0.107. The van der Waals surface area contributed by atoms with Crippen LogP contribution in [0.1, 0.15) is 12.5 Å². The van der Waals surface area contributed by atoms with E-state index in [1.165, 1.54) is 22.0 Å². The Morgan fingerprint density at radius 3 is 2.39 bits per heavy atom. The Balaban J connectivity index is 1.56.